The number of furan rings is 1. The molecule has 2 aromatic rings. The van der Waals surface area contributed by atoms with Gasteiger partial charge in [0.05, 0.1) is 19.3 Å². The molecule has 1 aromatic heterocycles. The van der Waals surface area contributed by atoms with Crippen molar-refractivity contribution in [2.24, 2.45) is 0 Å². The first-order valence-electron chi connectivity index (χ1n) is 6.54. The van der Waals surface area contributed by atoms with E-state index in [1.54, 1.807) is 0 Å². The van der Waals surface area contributed by atoms with Crippen LogP contribution in [0.25, 0.3) is 11.0 Å². The summed E-state index contributed by atoms with van der Waals surface area (Å²) in [7, 11) is 0. The Labute approximate surface area is 108 Å². The Balaban J connectivity index is 2.31. The predicted octanol–water partition coefficient (Wildman–Crippen LogP) is 3.47. The third kappa shape index (κ3) is 2.92. The molecule has 3 heteroatoms. The van der Waals surface area contributed by atoms with Crippen LogP contribution in [0.2, 0.25) is 0 Å². The van der Waals surface area contributed by atoms with Crippen LogP contribution in [-0.4, -0.2) is 12.6 Å². The molecule has 0 saturated heterocycles. The molecule has 0 aliphatic heterocycles. The highest BCUT2D eigenvalue weighted by atomic mass is 16.5. The van der Waals surface area contributed by atoms with Gasteiger partial charge in [-0.25, -0.2) is 0 Å². The average Bonchev–Trinajstić information content (AvgIpc) is 2.71. The normalized spacial score (nSPS) is 11.6. The van der Waals surface area contributed by atoms with E-state index in [-0.39, 0.29) is 6.10 Å². The summed E-state index contributed by atoms with van der Waals surface area (Å²) in [5.41, 5.74) is 2.10. The van der Waals surface area contributed by atoms with Crippen molar-refractivity contribution < 1.29 is 9.15 Å². The molecule has 1 aromatic carbocycles. The van der Waals surface area contributed by atoms with Crippen molar-refractivity contribution in [1.82, 2.24) is 5.32 Å². The number of benzene rings is 1. The average molecular weight is 247 g/mol. The van der Waals surface area contributed by atoms with Gasteiger partial charge in [0.15, 0.2) is 0 Å². The Bertz CT molecular complexity index is 502. The molecule has 0 aliphatic rings. The molecule has 1 N–H and O–H groups in total. The first-order valence-corrected chi connectivity index (χ1v) is 6.54. The Kier molecular flexibility index (Phi) is 4.39. The van der Waals surface area contributed by atoms with Gasteiger partial charge in [0, 0.05) is 10.9 Å². The molecule has 1 heterocycles. The molecule has 2 rings (SSSR count). The molecule has 0 spiro atoms. The lowest BCUT2D eigenvalue weighted by molar-refractivity contribution is 0.0653. The van der Waals surface area contributed by atoms with Gasteiger partial charge in [0.25, 0.3) is 0 Å². The van der Waals surface area contributed by atoms with Crippen molar-refractivity contribution in [1.29, 1.82) is 0 Å². The first kappa shape index (κ1) is 13.1. The van der Waals surface area contributed by atoms with Crippen LogP contribution in [0, 0.1) is 0 Å². The second kappa shape index (κ2) is 6.03. The largest absolute Gasteiger partial charge is 0.459 e. The van der Waals surface area contributed by atoms with Crippen molar-refractivity contribution in [2.45, 2.75) is 40.0 Å². The number of hydrogen-bond donors (Lipinski definition) is 1. The molecular formula is C15H21NO2. The van der Waals surface area contributed by atoms with E-state index >= 15 is 0 Å². The molecule has 0 amide bonds. The van der Waals surface area contributed by atoms with Crippen LogP contribution in [0.15, 0.2) is 28.7 Å². The van der Waals surface area contributed by atoms with Crippen molar-refractivity contribution in [3.8, 4) is 0 Å². The van der Waals surface area contributed by atoms with E-state index in [1.807, 2.05) is 32.0 Å². The minimum Gasteiger partial charge on any atom is -0.459 e. The van der Waals surface area contributed by atoms with Gasteiger partial charge < -0.3 is 14.5 Å². The number of para-hydroxylation sites is 1. The molecular weight excluding hydrogens is 226 g/mol. The van der Waals surface area contributed by atoms with E-state index in [0.29, 0.717) is 6.61 Å². The maximum Gasteiger partial charge on any atom is 0.134 e. The zero-order valence-corrected chi connectivity index (χ0v) is 11.3. The van der Waals surface area contributed by atoms with Gasteiger partial charge in [-0.05, 0) is 26.5 Å². The number of fused-ring (bicyclic) bond motifs is 1. The highest BCUT2D eigenvalue weighted by molar-refractivity contribution is 5.82. The van der Waals surface area contributed by atoms with E-state index in [1.165, 1.54) is 5.56 Å². The van der Waals surface area contributed by atoms with Gasteiger partial charge in [-0.3, -0.25) is 0 Å². The highest BCUT2D eigenvalue weighted by Crippen LogP contribution is 2.26. The van der Waals surface area contributed by atoms with E-state index < -0.39 is 0 Å². The van der Waals surface area contributed by atoms with Gasteiger partial charge in [-0.1, -0.05) is 25.1 Å². The Hall–Kier alpha value is -1.32. The number of nitrogens with one attached hydrogen (secondary N) is 1. The van der Waals surface area contributed by atoms with Crippen LogP contribution in [0.1, 0.15) is 32.1 Å². The maximum atomic E-state index is 5.89. The first-order chi connectivity index (χ1) is 8.72. The van der Waals surface area contributed by atoms with Crippen LogP contribution >= 0.6 is 0 Å². The standard InChI is InChI=1S/C15H21NO2/c1-4-16-9-15-13(10-17-11(2)3)12-7-5-6-8-14(12)18-15/h5-8,11,16H,4,9-10H2,1-3H3. The van der Waals surface area contributed by atoms with Gasteiger partial charge in [0.2, 0.25) is 0 Å². The Morgan fingerprint density at radius 1 is 1.28 bits per heavy atom. The summed E-state index contributed by atoms with van der Waals surface area (Å²) in [6.45, 7) is 8.48. The lowest BCUT2D eigenvalue weighted by Crippen LogP contribution is -2.13. The quantitative estimate of drug-likeness (QED) is 0.848. The summed E-state index contributed by atoms with van der Waals surface area (Å²) < 4.78 is 11.6. The fourth-order valence-corrected chi connectivity index (χ4v) is 1.94. The molecule has 0 atom stereocenters. The van der Waals surface area contributed by atoms with Crippen molar-refractivity contribution in [3.05, 3.63) is 35.6 Å². The van der Waals surface area contributed by atoms with E-state index in [9.17, 15) is 0 Å². The zero-order valence-electron chi connectivity index (χ0n) is 11.3. The molecule has 0 fully saturated rings. The monoisotopic (exact) mass is 247 g/mol. The third-order valence-corrected chi connectivity index (χ3v) is 2.88. The second-order valence-electron chi connectivity index (χ2n) is 4.64. The molecule has 0 aliphatic carbocycles. The lowest BCUT2D eigenvalue weighted by atomic mass is 10.1. The van der Waals surface area contributed by atoms with Crippen molar-refractivity contribution >= 4 is 11.0 Å². The van der Waals surface area contributed by atoms with E-state index in [0.717, 1.165) is 29.8 Å². The highest BCUT2D eigenvalue weighted by Gasteiger charge is 2.13. The van der Waals surface area contributed by atoms with Gasteiger partial charge in [-0.2, -0.15) is 0 Å². The summed E-state index contributed by atoms with van der Waals surface area (Å²) in [6, 6.07) is 8.13. The number of ether oxygens (including phenoxy) is 1. The summed E-state index contributed by atoms with van der Waals surface area (Å²) in [4.78, 5) is 0. The van der Waals surface area contributed by atoms with E-state index in [2.05, 4.69) is 18.3 Å². The summed E-state index contributed by atoms with van der Waals surface area (Å²) in [5.74, 6) is 0.985. The summed E-state index contributed by atoms with van der Waals surface area (Å²) in [6.07, 6.45) is 0.227. The topological polar surface area (TPSA) is 34.4 Å². The van der Waals surface area contributed by atoms with E-state index in [4.69, 9.17) is 9.15 Å². The van der Waals surface area contributed by atoms with Gasteiger partial charge >= 0.3 is 0 Å². The van der Waals surface area contributed by atoms with Crippen LogP contribution in [0.5, 0.6) is 0 Å². The predicted molar refractivity (Wildman–Crippen MR) is 73.5 cm³/mol. The maximum absolute atomic E-state index is 5.89. The minimum atomic E-state index is 0.227. The van der Waals surface area contributed by atoms with Gasteiger partial charge in [-0.15, -0.1) is 0 Å². The fourth-order valence-electron chi connectivity index (χ4n) is 1.94. The fraction of sp³-hybridized carbons (Fsp3) is 0.467. The van der Waals surface area contributed by atoms with Crippen molar-refractivity contribution in [3.63, 3.8) is 0 Å². The minimum absolute atomic E-state index is 0.227. The molecule has 0 bridgehead atoms. The Morgan fingerprint density at radius 3 is 2.78 bits per heavy atom. The van der Waals surface area contributed by atoms with Crippen LogP contribution in [-0.2, 0) is 17.9 Å². The summed E-state index contributed by atoms with van der Waals surface area (Å²) >= 11 is 0. The SMILES string of the molecule is CCNCc1oc2ccccc2c1COC(C)C. The molecule has 98 valence electrons. The van der Waals surface area contributed by atoms with Gasteiger partial charge in [0.1, 0.15) is 11.3 Å². The van der Waals surface area contributed by atoms with Crippen LogP contribution in [0.4, 0.5) is 0 Å². The molecule has 0 unspecified atom stereocenters. The zero-order chi connectivity index (χ0) is 13.0. The second-order valence-corrected chi connectivity index (χ2v) is 4.64. The molecule has 0 radical (unpaired) electrons. The summed E-state index contributed by atoms with van der Waals surface area (Å²) in [5, 5.41) is 4.46. The number of rotatable bonds is 6. The third-order valence-electron chi connectivity index (χ3n) is 2.88. The molecule has 3 nitrogen and oxygen atoms in total. The smallest absolute Gasteiger partial charge is 0.134 e. The van der Waals surface area contributed by atoms with Crippen molar-refractivity contribution in [2.75, 3.05) is 6.54 Å². The lowest BCUT2D eigenvalue weighted by Gasteiger charge is -2.08. The van der Waals surface area contributed by atoms with Crippen LogP contribution in [0.3, 0.4) is 0 Å². The molecule has 18 heavy (non-hydrogen) atoms. The van der Waals surface area contributed by atoms with Crippen LogP contribution < -0.4 is 5.32 Å². The number of hydrogen-bond acceptors (Lipinski definition) is 3. The Morgan fingerprint density at radius 2 is 2.06 bits per heavy atom. The molecule has 0 saturated carbocycles.